The Balaban J connectivity index is 2.76. The molecule has 2 rings (SSSR count). The Morgan fingerprint density at radius 1 is 1.38 bits per heavy atom. The van der Waals surface area contributed by atoms with E-state index in [0.29, 0.717) is 11.4 Å². The van der Waals surface area contributed by atoms with Gasteiger partial charge in [-0.25, -0.2) is 0 Å². The van der Waals surface area contributed by atoms with Crippen molar-refractivity contribution < 1.29 is 0 Å². The van der Waals surface area contributed by atoms with Crippen LogP contribution in [0.15, 0.2) is 23.1 Å². The van der Waals surface area contributed by atoms with E-state index in [4.69, 9.17) is 0 Å². The van der Waals surface area contributed by atoms with Gasteiger partial charge in [-0.2, -0.15) is 0 Å². The van der Waals surface area contributed by atoms with E-state index in [1.165, 1.54) is 0 Å². The summed E-state index contributed by atoms with van der Waals surface area (Å²) in [5.74, 6) is 0.423. The first-order chi connectivity index (χ1) is 6.18. The highest BCUT2D eigenvalue weighted by molar-refractivity contribution is 5.79. The molecule has 0 saturated carbocycles. The van der Waals surface area contributed by atoms with E-state index in [1.807, 2.05) is 12.1 Å². The van der Waals surface area contributed by atoms with Gasteiger partial charge in [-0.05, 0) is 18.1 Å². The van der Waals surface area contributed by atoms with Crippen molar-refractivity contribution in [1.29, 1.82) is 0 Å². The van der Waals surface area contributed by atoms with Crippen molar-refractivity contribution in [2.75, 3.05) is 0 Å². The highest BCUT2D eigenvalue weighted by Gasteiger charge is 2.05. The average Bonchev–Trinajstić information content (AvgIpc) is 2.49. The molecule has 2 N–H and O–H groups in total. The van der Waals surface area contributed by atoms with Gasteiger partial charge >= 0.3 is 0 Å². The Morgan fingerprint density at radius 2 is 2.15 bits per heavy atom. The van der Waals surface area contributed by atoms with Crippen molar-refractivity contribution in [2.24, 2.45) is 0 Å². The largest absolute Gasteiger partial charge is 0.354 e. The molecule has 3 nitrogen and oxygen atoms in total. The summed E-state index contributed by atoms with van der Waals surface area (Å²) in [6.45, 7) is 4.19. The molecule has 0 aliphatic rings. The highest BCUT2D eigenvalue weighted by atomic mass is 16.1. The molecule has 0 radical (unpaired) electrons. The van der Waals surface area contributed by atoms with Gasteiger partial charge in [-0.3, -0.25) is 4.79 Å². The zero-order valence-corrected chi connectivity index (χ0v) is 7.72. The summed E-state index contributed by atoms with van der Waals surface area (Å²) < 4.78 is 0. The zero-order valence-electron chi connectivity index (χ0n) is 7.72. The standard InChI is InChI=1S/C10H12N2O/c1-6(2)8-5-7-3-4-11-10(13)9(7)12-8/h3-6,12H,1-2H3,(H,11,13). The molecule has 0 aliphatic carbocycles. The third-order valence-electron chi connectivity index (χ3n) is 2.20. The molecule has 0 aromatic carbocycles. The number of pyridine rings is 1. The number of rotatable bonds is 1. The summed E-state index contributed by atoms with van der Waals surface area (Å²) in [5, 5.41) is 0.979. The lowest BCUT2D eigenvalue weighted by molar-refractivity contribution is 0.836. The minimum absolute atomic E-state index is 0.0515. The minimum Gasteiger partial charge on any atom is -0.354 e. The van der Waals surface area contributed by atoms with Crippen molar-refractivity contribution in [1.82, 2.24) is 9.97 Å². The minimum atomic E-state index is -0.0515. The lowest BCUT2D eigenvalue weighted by Gasteiger charge is -1.97. The fourth-order valence-corrected chi connectivity index (χ4v) is 1.40. The van der Waals surface area contributed by atoms with Crippen molar-refractivity contribution in [3.63, 3.8) is 0 Å². The van der Waals surface area contributed by atoms with Crippen LogP contribution >= 0.6 is 0 Å². The van der Waals surface area contributed by atoms with Gasteiger partial charge in [-0.15, -0.1) is 0 Å². The molecule has 3 heteroatoms. The van der Waals surface area contributed by atoms with Crippen molar-refractivity contribution in [3.05, 3.63) is 34.4 Å². The molecule has 0 unspecified atom stereocenters. The number of fused-ring (bicyclic) bond motifs is 1. The maximum atomic E-state index is 11.3. The van der Waals surface area contributed by atoms with Crippen LogP contribution in [0.2, 0.25) is 0 Å². The van der Waals surface area contributed by atoms with E-state index in [0.717, 1.165) is 11.1 Å². The highest BCUT2D eigenvalue weighted by Crippen LogP contribution is 2.17. The number of aromatic nitrogens is 2. The van der Waals surface area contributed by atoms with Gasteiger partial charge in [-0.1, -0.05) is 13.8 Å². The van der Waals surface area contributed by atoms with Crippen molar-refractivity contribution >= 4 is 10.9 Å². The van der Waals surface area contributed by atoms with Crippen molar-refractivity contribution in [2.45, 2.75) is 19.8 Å². The van der Waals surface area contributed by atoms with Crippen LogP contribution < -0.4 is 5.56 Å². The number of hydrogen-bond acceptors (Lipinski definition) is 1. The molecule has 0 atom stereocenters. The molecular weight excluding hydrogens is 164 g/mol. The van der Waals surface area contributed by atoms with Gasteiger partial charge in [0.05, 0.1) is 0 Å². The van der Waals surface area contributed by atoms with E-state index in [-0.39, 0.29) is 5.56 Å². The summed E-state index contributed by atoms with van der Waals surface area (Å²) >= 11 is 0. The molecule has 13 heavy (non-hydrogen) atoms. The van der Waals surface area contributed by atoms with Crippen LogP contribution in [0.3, 0.4) is 0 Å². The lowest BCUT2D eigenvalue weighted by atomic mass is 10.1. The Labute approximate surface area is 75.8 Å². The second kappa shape index (κ2) is 2.76. The Kier molecular flexibility index (Phi) is 1.72. The average molecular weight is 176 g/mol. The first-order valence-corrected chi connectivity index (χ1v) is 4.39. The van der Waals surface area contributed by atoms with Gasteiger partial charge in [0.15, 0.2) is 0 Å². The SMILES string of the molecule is CC(C)c1cc2cc[nH]c(=O)c2[nH]1. The van der Waals surface area contributed by atoms with E-state index in [9.17, 15) is 4.79 Å². The van der Waals surface area contributed by atoms with Gasteiger partial charge in [0.1, 0.15) is 5.52 Å². The van der Waals surface area contributed by atoms with Crippen LogP contribution in [0.5, 0.6) is 0 Å². The zero-order chi connectivity index (χ0) is 9.42. The lowest BCUT2D eigenvalue weighted by Crippen LogP contribution is -2.04. The van der Waals surface area contributed by atoms with E-state index in [2.05, 4.69) is 23.8 Å². The van der Waals surface area contributed by atoms with Crippen LogP contribution in [0.4, 0.5) is 0 Å². The number of hydrogen-bond donors (Lipinski definition) is 2. The first-order valence-electron chi connectivity index (χ1n) is 4.39. The fourth-order valence-electron chi connectivity index (χ4n) is 1.40. The predicted molar refractivity (Wildman–Crippen MR) is 53.0 cm³/mol. The Hall–Kier alpha value is -1.51. The Bertz CT molecular complexity index is 479. The third-order valence-corrected chi connectivity index (χ3v) is 2.20. The number of nitrogens with one attached hydrogen (secondary N) is 2. The molecule has 0 aliphatic heterocycles. The number of aromatic amines is 2. The molecule has 2 aromatic heterocycles. The number of H-pyrrole nitrogens is 2. The monoisotopic (exact) mass is 176 g/mol. The van der Waals surface area contributed by atoms with E-state index >= 15 is 0 Å². The maximum absolute atomic E-state index is 11.3. The van der Waals surface area contributed by atoms with Crippen molar-refractivity contribution in [3.8, 4) is 0 Å². The molecular formula is C10H12N2O. The molecule has 68 valence electrons. The summed E-state index contributed by atoms with van der Waals surface area (Å²) in [7, 11) is 0. The topological polar surface area (TPSA) is 48.6 Å². The Morgan fingerprint density at radius 3 is 2.77 bits per heavy atom. The fraction of sp³-hybridized carbons (Fsp3) is 0.300. The molecule has 2 heterocycles. The van der Waals surface area contributed by atoms with Crippen LogP contribution in [-0.4, -0.2) is 9.97 Å². The summed E-state index contributed by atoms with van der Waals surface area (Å²) in [5.41, 5.74) is 1.72. The quantitative estimate of drug-likeness (QED) is 0.685. The smallest absolute Gasteiger partial charge is 0.272 e. The van der Waals surface area contributed by atoms with Crippen LogP contribution in [0.25, 0.3) is 10.9 Å². The molecule has 2 aromatic rings. The molecule has 0 bridgehead atoms. The van der Waals surface area contributed by atoms with Gasteiger partial charge in [0, 0.05) is 17.3 Å². The second-order valence-corrected chi connectivity index (χ2v) is 3.52. The van der Waals surface area contributed by atoms with E-state index < -0.39 is 0 Å². The maximum Gasteiger partial charge on any atom is 0.272 e. The third kappa shape index (κ3) is 1.26. The van der Waals surface area contributed by atoms with Gasteiger partial charge in [0.2, 0.25) is 0 Å². The van der Waals surface area contributed by atoms with Crippen LogP contribution in [0.1, 0.15) is 25.5 Å². The summed E-state index contributed by atoms with van der Waals surface area (Å²) in [6, 6.07) is 3.92. The van der Waals surface area contributed by atoms with Crippen LogP contribution in [-0.2, 0) is 0 Å². The van der Waals surface area contributed by atoms with Gasteiger partial charge < -0.3 is 9.97 Å². The van der Waals surface area contributed by atoms with Gasteiger partial charge in [0.25, 0.3) is 5.56 Å². The van der Waals surface area contributed by atoms with Crippen LogP contribution in [0, 0.1) is 0 Å². The summed E-state index contributed by atoms with van der Waals surface area (Å²) in [6.07, 6.45) is 1.67. The molecule has 0 saturated heterocycles. The molecule has 0 spiro atoms. The predicted octanol–water partition coefficient (Wildman–Crippen LogP) is 1.98. The first kappa shape index (κ1) is 8.10. The summed E-state index contributed by atoms with van der Waals surface area (Å²) in [4.78, 5) is 17.1. The molecule has 0 fully saturated rings. The second-order valence-electron chi connectivity index (χ2n) is 3.52. The van der Waals surface area contributed by atoms with E-state index in [1.54, 1.807) is 6.20 Å². The normalized spacial score (nSPS) is 11.3. The molecule has 0 amide bonds.